The third-order valence-electron chi connectivity index (χ3n) is 2.07. The van der Waals surface area contributed by atoms with E-state index in [-0.39, 0.29) is 10.4 Å². The Labute approximate surface area is 105 Å². The fraction of sp³-hybridized carbons (Fsp3) is 0. The highest BCUT2D eigenvalue weighted by Gasteiger charge is 2.13. The van der Waals surface area contributed by atoms with Gasteiger partial charge in [0.25, 0.3) is 5.91 Å². The lowest BCUT2D eigenvalue weighted by atomic mass is 10.2. The summed E-state index contributed by atoms with van der Waals surface area (Å²) in [6.45, 7) is 0. The smallest absolute Gasteiger partial charge is 0.345 e. The highest BCUT2D eigenvalue weighted by Crippen LogP contribution is 2.22. The van der Waals surface area contributed by atoms with Crippen LogP contribution >= 0.6 is 11.3 Å². The third kappa shape index (κ3) is 2.51. The maximum atomic E-state index is 13.3. The molecule has 0 bridgehead atoms. The number of aromatic nitrogens is 1. The predicted molar refractivity (Wildman–Crippen MR) is 63.4 cm³/mol. The summed E-state index contributed by atoms with van der Waals surface area (Å²) in [4.78, 5) is 26.0. The highest BCUT2D eigenvalue weighted by molar-refractivity contribution is 7.18. The van der Waals surface area contributed by atoms with Gasteiger partial charge in [-0.2, -0.15) is 0 Å². The Morgan fingerprint density at radius 3 is 2.72 bits per heavy atom. The molecule has 2 aromatic heterocycles. The van der Waals surface area contributed by atoms with Gasteiger partial charge in [-0.3, -0.25) is 9.78 Å². The number of amides is 1. The molecule has 0 aliphatic rings. The summed E-state index contributed by atoms with van der Waals surface area (Å²) in [5, 5.41) is 11.5. The summed E-state index contributed by atoms with van der Waals surface area (Å²) in [5.74, 6) is -2.45. The number of carbonyl (C=O) groups excluding carboxylic acids is 1. The first-order chi connectivity index (χ1) is 8.58. The van der Waals surface area contributed by atoms with Crippen molar-refractivity contribution in [3.05, 3.63) is 46.9 Å². The maximum absolute atomic E-state index is 13.3. The number of thiophene rings is 1. The van der Waals surface area contributed by atoms with E-state index >= 15 is 0 Å². The van der Waals surface area contributed by atoms with Crippen LogP contribution < -0.4 is 5.32 Å². The van der Waals surface area contributed by atoms with Crippen molar-refractivity contribution in [2.75, 3.05) is 5.32 Å². The first-order valence-electron chi connectivity index (χ1n) is 4.82. The zero-order valence-electron chi connectivity index (χ0n) is 8.88. The fourth-order valence-corrected chi connectivity index (χ4v) is 2.00. The molecule has 0 saturated carbocycles. The molecule has 5 nitrogen and oxygen atoms in total. The van der Waals surface area contributed by atoms with Crippen molar-refractivity contribution in [2.45, 2.75) is 0 Å². The summed E-state index contributed by atoms with van der Waals surface area (Å²) >= 11 is 0.900. The van der Waals surface area contributed by atoms with Gasteiger partial charge in [0.05, 0.1) is 16.8 Å². The van der Waals surface area contributed by atoms with Gasteiger partial charge in [-0.15, -0.1) is 11.3 Å². The monoisotopic (exact) mass is 266 g/mol. The van der Waals surface area contributed by atoms with Crippen LogP contribution in [0.4, 0.5) is 9.39 Å². The van der Waals surface area contributed by atoms with Crippen LogP contribution in [0.25, 0.3) is 0 Å². The van der Waals surface area contributed by atoms with Crippen molar-refractivity contribution < 1.29 is 19.1 Å². The lowest BCUT2D eigenvalue weighted by molar-refractivity contribution is 0.0702. The average molecular weight is 266 g/mol. The number of aromatic carboxylic acids is 1. The second-order valence-electron chi connectivity index (χ2n) is 3.28. The van der Waals surface area contributed by atoms with E-state index in [9.17, 15) is 14.0 Å². The number of rotatable bonds is 3. The number of carboxylic acid groups (broad SMARTS) is 1. The number of anilines is 1. The Hall–Kier alpha value is -2.28. The zero-order chi connectivity index (χ0) is 13.1. The molecule has 0 aliphatic carbocycles. The van der Waals surface area contributed by atoms with Gasteiger partial charge in [0, 0.05) is 6.20 Å². The van der Waals surface area contributed by atoms with Crippen LogP contribution in [0.15, 0.2) is 30.6 Å². The van der Waals surface area contributed by atoms with Crippen LogP contribution in [0.3, 0.4) is 0 Å². The highest BCUT2D eigenvalue weighted by atomic mass is 32.1. The minimum Gasteiger partial charge on any atom is -0.477 e. The van der Waals surface area contributed by atoms with Crippen LogP contribution in [0.2, 0.25) is 0 Å². The number of halogens is 1. The number of carbonyl (C=O) groups is 2. The molecular weight excluding hydrogens is 259 g/mol. The molecule has 0 radical (unpaired) electrons. The number of hydrogen-bond acceptors (Lipinski definition) is 4. The van der Waals surface area contributed by atoms with E-state index < -0.39 is 17.7 Å². The molecule has 0 unspecified atom stereocenters. The molecule has 18 heavy (non-hydrogen) atoms. The number of hydrogen-bond donors (Lipinski definition) is 2. The summed E-state index contributed by atoms with van der Waals surface area (Å²) in [6.07, 6.45) is 2.24. The molecule has 2 N–H and O–H groups in total. The molecule has 2 heterocycles. The van der Waals surface area contributed by atoms with Gasteiger partial charge in [-0.05, 0) is 18.2 Å². The number of nitrogens with one attached hydrogen (secondary N) is 1. The van der Waals surface area contributed by atoms with Crippen molar-refractivity contribution in [3.8, 4) is 0 Å². The van der Waals surface area contributed by atoms with Crippen molar-refractivity contribution in [1.29, 1.82) is 0 Å². The van der Waals surface area contributed by atoms with E-state index in [4.69, 9.17) is 5.11 Å². The average Bonchev–Trinajstić information content (AvgIpc) is 2.78. The second kappa shape index (κ2) is 4.92. The largest absolute Gasteiger partial charge is 0.477 e. The van der Waals surface area contributed by atoms with Gasteiger partial charge >= 0.3 is 5.97 Å². The Morgan fingerprint density at radius 2 is 2.11 bits per heavy atom. The minimum absolute atomic E-state index is 0.0977. The molecule has 0 aliphatic heterocycles. The Morgan fingerprint density at radius 1 is 1.33 bits per heavy atom. The van der Waals surface area contributed by atoms with E-state index in [1.54, 1.807) is 0 Å². The summed E-state index contributed by atoms with van der Waals surface area (Å²) in [6, 6.07) is 4.06. The minimum atomic E-state index is -1.07. The second-order valence-corrected chi connectivity index (χ2v) is 4.36. The molecule has 2 aromatic rings. The Bertz CT molecular complexity index is 612. The van der Waals surface area contributed by atoms with E-state index in [1.165, 1.54) is 24.4 Å². The molecule has 2 rings (SSSR count). The molecule has 0 saturated heterocycles. The van der Waals surface area contributed by atoms with Gasteiger partial charge in [0.2, 0.25) is 0 Å². The molecule has 0 spiro atoms. The Kier molecular flexibility index (Phi) is 3.33. The summed E-state index contributed by atoms with van der Waals surface area (Å²) < 4.78 is 13.3. The number of carboxylic acids is 1. The van der Waals surface area contributed by atoms with E-state index in [2.05, 4.69) is 10.3 Å². The summed E-state index contributed by atoms with van der Waals surface area (Å²) in [5.41, 5.74) is -0.143. The third-order valence-corrected chi connectivity index (χ3v) is 3.06. The lowest BCUT2D eigenvalue weighted by Crippen LogP contribution is -2.12. The topological polar surface area (TPSA) is 79.3 Å². The molecule has 92 valence electrons. The fourth-order valence-electron chi connectivity index (χ4n) is 1.26. The van der Waals surface area contributed by atoms with Crippen LogP contribution in [-0.4, -0.2) is 22.0 Å². The van der Waals surface area contributed by atoms with Gasteiger partial charge in [0.15, 0.2) is 5.82 Å². The molecule has 0 aromatic carbocycles. The predicted octanol–water partition coefficient (Wildman–Crippen LogP) is 2.23. The van der Waals surface area contributed by atoms with Crippen molar-refractivity contribution in [2.24, 2.45) is 0 Å². The normalized spacial score (nSPS) is 10.1. The Balaban J connectivity index is 2.16. The SMILES string of the molecule is O=C(O)c1ccc(NC(=O)c2ccncc2F)s1. The first-order valence-corrected chi connectivity index (χ1v) is 5.63. The van der Waals surface area contributed by atoms with Crippen LogP contribution in [-0.2, 0) is 0 Å². The van der Waals surface area contributed by atoms with Crippen LogP contribution in [0.1, 0.15) is 20.0 Å². The van der Waals surface area contributed by atoms with E-state index in [1.807, 2.05) is 0 Å². The van der Waals surface area contributed by atoms with E-state index in [0.717, 1.165) is 17.5 Å². The molecular formula is C11H7FN2O3S. The molecule has 0 atom stereocenters. The molecule has 7 heteroatoms. The number of pyridine rings is 1. The van der Waals surface area contributed by atoms with Gasteiger partial charge in [0.1, 0.15) is 4.88 Å². The lowest BCUT2D eigenvalue weighted by Gasteiger charge is -2.02. The van der Waals surface area contributed by atoms with Crippen molar-refractivity contribution in [1.82, 2.24) is 4.98 Å². The quantitative estimate of drug-likeness (QED) is 0.892. The van der Waals surface area contributed by atoms with Crippen molar-refractivity contribution in [3.63, 3.8) is 0 Å². The molecule has 1 amide bonds. The van der Waals surface area contributed by atoms with Crippen molar-refractivity contribution >= 4 is 28.2 Å². The number of nitrogens with zero attached hydrogens (tertiary/aromatic N) is 1. The van der Waals surface area contributed by atoms with E-state index in [0.29, 0.717) is 5.00 Å². The van der Waals surface area contributed by atoms with Crippen LogP contribution in [0.5, 0.6) is 0 Å². The van der Waals surface area contributed by atoms with Crippen LogP contribution in [0, 0.1) is 5.82 Å². The maximum Gasteiger partial charge on any atom is 0.345 e. The van der Waals surface area contributed by atoms with Gasteiger partial charge < -0.3 is 10.4 Å². The van der Waals surface area contributed by atoms with Gasteiger partial charge in [-0.25, -0.2) is 9.18 Å². The first kappa shape index (κ1) is 12.2. The standard InChI is InChI=1S/C11H7FN2O3S/c12-7-5-13-4-3-6(7)10(15)14-9-2-1-8(18-9)11(16)17/h1-5H,(H,14,15)(H,16,17). The van der Waals surface area contributed by atoms with Gasteiger partial charge in [-0.1, -0.05) is 0 Å². The molecule has 0 fully saturated rings. The zero-order valence-corrected chi connectivity index (χ0v) is 9.70. The summed E-state index contributed by atoms with van der Waals surface area (Å²) in [7, 11) is 0.